The number of nitrogens with zero attached hydrogens (tertiary/aromatic N) is 1. The molecule has 0 unspecified atom stereocenters. The molecule has 4 aromatic rings. The molecule has 7 nitrogen and oxygen atoms in total. The summed E-state index contributed by atoms with van der Waals surface area (Å²) in [4.78, 5) is 24.9. The molecular formula is C25H18BrClN2O5S. The number of methoxy groups -OCH3 is 1. The number of benzene rings is 3. The molecule has 0 bridgehead atoms. The Morgan fingerprint density at radius 2 is 1.83 bits per heavy atom. The molecule has 3 aromatic carbocycles. The van der Waals surface area contributed by atoms with Gasteiger partial charge >= 0.3 is 5.97 Å². The second kappa shape index (κ2) is 11.4. The van der Waals surface area contributed by atoms with E-state index in [4.69, 9.17) is 25.8 Å². The molecule has 0 aliphatic carbocycles. The lowest BCUT2D eigenvalue weighted by Gasteiger charge is -2.06. The minimum Gasteiger partial charge on any atom is -0.497 e. The first-order valence-corrected chi connectivity index (χ1v) is 12.2. The average molecular weight is 574 g/mol. The van der Waals surface area contributed by atoms with Gasteiger partial charge in [-0.05, 0) is 76.1 Å². The third-order valence-corrected chi connectivity index (χ3v) is 7.00. The van der Waals surface area contributed by atoms with Crippen LogP contribution in [0, 0.1) is 0 Å². The fourth-order valence-electron chi connectivity index (χ4n) is 3.00. The Morgan fingerprint density at radius 1 is 1.09 bits per heavy atom. The molecule has 178 valence electrons. The molecule has 1 aromatic heterocycles. The third kappa shape index (κ3) is 6.19. The van der Waals surface area contributed by atoms with Crippen molar-refractivity contribution >= 4 is 67.0 Å². The van der Waals surface area contributed by atoms with E-state index in [1.807, 2.05) is 30.3 Å². The number of halogens is 2. The molecule has 0 aliphatic rings. The van der Waals surface area contributed by atoms with Gasteiger partial charge in [0.25, 0.3) is 5.91 Å². The number of amides is 1. The molecule has 0 saturated heterocycles. The van der Waals surface area contributed by atoms with Crippen LogP contribution in [-0.4, -0.2) is 31.8 Å². The number of fused-ring (bicyclic) bond motifs is 1. The maximum absolute atomic E-state index is 12.7. The highest BCUT2D eigenvalue weighted by Gasteiger charge is 2.19. The van der Waals surface area contributed by atoms with Crippen molar-refractivity contribution in [3.05, 3.63) is 86.7 Å². The van der Waals surface area contributed by atoms with Crippen LogP contribution in [0.2, 0.25) is 5.02 Å². The fourth-order valence-corrected chi connectivity index (χ4v) is 4.81. The van der Waals surface area contributed by atoms with Gasteiger partial charge in [0.1, 0.15) is 22.1 Å². The fraction of sp³-hybridized carbons (Fsp3) is 0.0800. The maximum atomic E-state index is 12.7. The first kappa shape index (κ1) is 24.7. The summed E-state index contributed by atoms with van der Waals surface area (Å²) in [5, 5.41) is 5.03. The second-order valence-electron chi connectivity index (χ2n) is 7.08. The van der Waals surface area contributed by atoms with Gasteiger partial charge in [0.15, 0.2) is 6.61 Å². The van der Waals surface area contributed by atoms with Gasteiger partial charge in [-0.3, -0.25) is 4.79 Å². The zero-order chi connectivity index (χ0) is 24.8. The summed E-state index contributed by atoms with van der Waals surface area (Å²) < 4.78 is 17.7. The average Bonchev–Trinajstić information content (AvgIpc) is 3.20. The Labute approximate surface area is 218 Å². The summed E-state index contributed by atoms with van der Waals surface area (Å²) in [6, 6.07) is 19.3. The van der Waals surface area contributed by atoms with Gasteiger partial charge in [0.2, 0.25) is 0 Å². The van der Waals surface area contributed by atoms with E-state index in [0.717, 1.165) is 14.6 Å². The van der Waals surface area contributed by atoms with E-state index in [0.29, 0.717) is 32.7 Å². The lowest BCUT2D eigenvalue weighted by atomic mass is 10.2. The van der Waals surface area contributed by atoms with E-state index >= 15 is 0 Å². The summed E-state index contributed by atoms with van der Waals surface area (Å²) in [7, 11) is 1.58. The van der Waals surface area contributed by atoms with Crippen LogP contribution in [0.15, 0.2) is 76.3 Å². The number of thiophene rings is 1. The van der Waals surface area contributed by atoms with E-state index in [-0.39, 0.29) is 6.61 Å². The van der Waals surface area contributed by atoms with Gasteiger partial charge in [-0.25, -0.2) is 10.2 Å². The minimum atomic E-state index is -0.547. The summed E-state index contributed by atoms with van der Waals surface area (Å²) >= 11 is 11.0. The Bertz CT molecular complexity index is 1410. The smallest absolute Gasteiger partial charge is 0.355 e. The van der Waals surface area contributed by atoms with Crippen LogP contribution < -0.4 is 19.6 Å². The zero-order valence-electron chi connectivity index (χ0n) is 18.3. The van der Waals surface area contributed by atoms with E-state index in [1.54, 1.807) is 43.5 Å². The van der Waals surface area contributed by atoms with Crippen LogP contribution >= 0.6 is 38.9 Å². The highest BCUT2D eigenvalue weighted by Crippen LogP contribution is 2.37. The van der Waals surface area contributed by atoms with Crippen molar-refractivity contribution in [1.82, 2.24) is 5.43 Å². The van der Waals surface area contributed by atoms with Crippen molar-refractivity contribution in [2.45, 2.75) is 0 Å². The lowest BCUT2D eigenvalue weighted by Crippen LogP contribution is -2.24. The first-order chi connectivity index (χ1) is 16.9. The highest BCUT2D eigenvalue weighted by atomic mass is 79.9. The van der Waals surface area contributed by atoms with Crippen molar-refractivity contribution < 1.29 is 23.8 Å². The van der Waals surface area contributed by atoms with Crippen molar-refractivity contribution in [3.63, 3.8) is 0 Å². The number of hydrogen-bond donors (Lipinski definition) is 1. The number of para-hydroxylation sites is 1. The largest absolute Gasteiger partial charge is 0.497 e. The van der Waals surface area contributed by atoms with Crippen LogP contribution in [0.3, 0.4) is 0 Å². The Balaban J connectivity index is 1.31. The monoisotopic (exact) mass is 572 g/mol. The van der Waals surface area contributed by atoms with Crippen molar-refractivity contribution in [2.75, 3.05) is 13.7 Å². The summed E-state index contributed by atoms with van der Waals surface area (Å²) in [6.45, 7) is -0.179. The molecular weight excluding hydrogens is 556 g/mol. The van der Waals surface area contributed by atoms with Crippen LogP contribution in [0.4, 0.5) is 0 Å². The molecule has 35 heavy (non-hydrogen) atoms. The number of esters is 1. The van der Waals surface area contributed by atoms with E-state index in [9.17, 15) is 9.59 Å². The molecule has 0 spiro atoms. The van der Waals surface area contributed by atoms with Gasteiger partial charge in [0, 0.05) is 10.1 Å². The van der Waals surface area contributed by atoms with Crippen molar-refractivity contribution in [3.8, 4) is 17.2 Å². The molecule has 0 aliphatic heterocycles. The number of nitrogens with one attached hydrogen (secondary N) is 1. The van der Waals surface area contributed by atoms with Crippen LogP contribution in [0.1, 0.15) is 15.2 Å². The molecule has 1 heterocycles. The number of hydrogen-bond acceptors (Lipinski definition) is 7. The first-order valence-electron chi connectivity index (χ1n) is 10.2. The molecule has 0 atom stereocenters. The van der Waals surface area contributed by atoms with Gasteiger partial charge < -0.3 is 14.2 Å². The van der Waals surface area contributed by atoms with Crippen LogP contribution in [0.5, 0.6) is 17.2 Å². The molecule has 4 rings (SSSR count). The van der Waals surface area contributed by atoms with E-state index < -0.39 is 11.9 Å². The van der Waals surface area contributed by atoms with Crippen LogP contribution in [-0.2, 0) is 4.79 Å². The number of hydrazone groups is 1. The van der Waals surface area contributed by atoms with E-state index in [1.165, 1.54) is 17.6 Å². The minimum absolute atomic E-state index is 0.179. The van der Waals surface area contributed by atoms with Gasteiger partial charge in [-0.15, -0.1) is 11.3 Å². The number of carbonyl (C=O) groups is 2. The molecule has 1 N–H and O–H groups in total. The Morgan fingerprint density at radius 3 is 2.57 bits per heavy atom. The predicted octanol–water partition coefficient (Wildman–Crippen LogP) is 6.07. The zero-order valence-corrected chi connectivity index (χ0v) is 21.4. The SMILES string of the molecule is COc1ccc2c(Cl)c(C(=O)Oc3ccc(/C=N/NC(=O)COc4ccccc4Br)cc3)sc2c1. The van der Waals surface area contributed by atoms with Gasteiger partial charge in [-0.1, -0.05) is 23.7 Å². The van der Waals surface area contributed by atoms with E-state index in [2.05, 4.69) is 26.5 Å². The molecule has 10 heteroatoms. The normalized spacial score (nSPS) is 10.9. The number of rotatable bonds is 8. The summed E-state index contributed by atoms with van der Waals surface area (Å²) in [6.07, 6.45) is 1.47. The van der Waals surface area contributed by atoms with Crippen LogP contribution in [0.25, 0.3) is 10.1 Å². The maximum Gasteiger partial charge on any atom is 0.355 e. The van der Waals surface area contributed by atoms with Crippen molar-refractivity contribution in [1.29, 1.82) is 0 Å². The molecule has 0 fully saturated rings. The third-order valence-electron chi connectivity index (χ3n) is 4.71. The second-order valence-corrected chi connectivity index (χ2v) is 9.36. The lowest BCUT2D eigenvalue weighted by molar-refractivity contribution is -0.123. The Hall–Kier alpha value is -3.40. The van der Waals surface area contributed by atoms with Gasteiger partial charge in [0.05, 0.1) is 22.8 Å². The topological polar surface area (TPSA) is 86.2 Å². The predicted molar refractivity (Wildman–Crippen MR) is 140 cm³/mol. The number of carbonyl (C=O) groups excluding carboxylic acids is 2. The summed E-state index contributed by atoms with van der Waals surface area (Å²) in [5.74, 6) is 0.646. The quantitative estimate of drug-likeness (QED) is 0.120. The Kier molecular flexibility index (Phi) is 8.02. The molecule has 0 radical (unpaired) electrons. The highest BCUT2D eigenvalue weighted by molar-refractivity contribution is 9.10. The van der Waals surface area contributed by atoms with Gasteiger partial charge in [-0.2, -0.15) is 5.10 Å². The molecule has 1 amide bonds. The van der Waals surface area contributed by atoms with Crippen molar-refractivity contribution in [2.24, 2.45) is 5.10 Å². The molecule has 0 saturated carbocycles. The number of ether oxygens (including phenoxy) is 3. The summed E-state index contributed by atoms with van der Waals surface area (Å²) in [5.41, 5.74) is 3.10. The standard InChI is InChI=1S/C25H18BrClN2O5S/c1-32-17-10-11-18-21(12-17)35-24(23(18)27)25(31)34-16-8-6-15(7-9-16)13-28-29-22(30)14-33-20-5-3-2-4-19(20)26/h2-13H,14H2,1H3,(H,29,30)/b28-13+.